The van der Waals surface area contributed by atoms with Gasteiger partial charge in [0.1, 0.15) is 0 Å². The van der Waals surface area contributed by atoms with Crippen LogP contribution in [0.4, 0.5) is 0 Å². The number of hydrogen-bond acceptors (Lipinski definition) is 6. The predicted molar refractivity (Wildman–Crippen MR) is 102 cm³/mol. The van der Waals surface area contributed by atoms with Gasteiger partial charge in [-0.15, -0.1) is 0 Å². The summed E-state index contributed by atoms with van der Waals surface area (Å²) >= 11 is 0. The molecular formula is C20H27N5O2. The maximum atomic E-state index is 12.3. The molecule has 2 fully saturated rings. The molecular weight excluding hydrogens is 342 g/mol. The second-order valence-electron chi connectivity index (χ2n) is 7.52. The summed E-state index contributed by atoms with van der Waals surface area (Å²) in [5.41, 5.74) is 2.18. The van der Waals surface area contributed by atoms with E-state index in [1.54, 1.807) is 0 Å². The normalized spacial score (nSPS) is 18.9. The number of hydrogen-bond donors (Lipinski definition) is 0. The average molecular weight is 369 g/mol. The number of nitrogens with zero attached hydrogens (tertiary/aromatic N) is 5. The van der Waals surface area contributed by atoms with Crippen molar-refractivity contribution in [2.75, 3.05) is 45.8 Å². The van der Waals surface area contributed by atoms with Crippen molar-refractivity contribution in [3.63, 3.8) is 0 Å². The van der Waals surface area contributed by atoms with Gasteiger partial charge in [-0.2, -0.15) is 4.98 Å². The third-order valence-corrected chi connectivity index (χ3v) is 5.42. The Labute approximate surface area is 159 Å². The minimum Gasteiger partial charge on any atom is -0.342 e. The molecule has 2 saturated heterocycles. The first-order valence-electron chi connectivity index (χ1n) is 9.79. The van der Waals surface area contributed by atoms with Gasteiger partial charge in [-0.3, -0.25) is 14.6 Å². The van der Waals surface area contributed by atoms with Crippen molar-refractivity contribution in [3.05, 3.63) is 35.7 Å². The van der Waals surface area contributed by atoms with Crippen molar-refractivity contribution in [2.24, 2.45) is 0 Å². The summed E-state index contributed by atoms with van der Waals surface area (Å²) in [6.07, 6.45) is 2.29. The highest BCUT2D eigenvalue weighted by Crippen LogP contribution is 2.17. The topological polar surface area (TPSA) is 65.7 Å². The van der Waals surface area contributed by atoms with Crippen LogP contribution < -0.4 is 0 Å². The molecule has 0 saturated carbocycles. The quantitative estimate of drug-likeness (QED) is 0.801. The first-order chi connectivity index (χ1) is 13.2. The Bertz CT molecular complexity index is 759. The first kappa shape index (κ1) is 18.1. The highest BCUT2D eigenvalue weighted by atomic mass is 16.5. The molecule has 0 atom stereocenters. The number of benzene rings is 1. The van der Waals surface area contributed by atoms with Gasteiger partial charge in [0.15, 0.2) is 0 Å². The van der Waals surface area contributed by atoms with E-state index in [0.717, 1.165) is 57.7 Å². The molecule has 4 rings (SSSR count). The lowest BCUT2D eigenvalue weighted by atomic mass is 10.1. The van der Waals surface area contributed by atoms with Crippen molar-refractivity contribution in [1.82, 2.24) is 24.8 Å². The van der Waals surface area contributed by atoms with Crippen LogP contribution in [0.3, 0.4) is 0 Å². The molecule has 0 spiro atoms. The number of piperazine rings is 1. The minimum absolute atomic E-state index is 0.278. The summed E-state index contributed by atoms with van der Waals surface area (Å²) in [5, 5.41) is 4.11. The summed E-state index contributed by atoms with van der Waals surface area (Å²) in [7, 11) is 0. The van der Waals surface area contributed by atoms with Crippen LogP contribution in [0.2, 0.25) is 0 Å². The zero-order valence-electron chi connectivity index (χ0n) is 15.9. The zero-order chi connectivity index (χ0) is 18.6. The molecule has 7 nitrogen and oxygen atoms in total. The minimum atomic E-state index is 0.278. The number of aryl methyl sites for hydroxylation is 1. The van der Waals surface area contributed by atoms with E-state index in [4.69, 9.17) is 4.52 Å². The molecule has 0 bridgehead atoms. The molecule has 2 aliphatic heterocycles. The monoisotopic (exact) mass is 369 g/mol. The summed E-state index contributed by atoms with van der Waals surface area (Å²) in [6, 6.07) is 8.13. The maximum Gasteiger partial charge on any atom is 0.241 e. The first-order valence-corrected chi connectivity index (χ1v) is 9.79. The van der Waals surface area contributed by atoms with Crippen molar-refractivity contribution in [1.29, 1.82) is 0 Å². The van der Waals surface area contributed by atoms with Crippen LogP contribution in [-0.2, 0) is 11.3 Å². The van der Waals surface area contributed by atoms with Crippen LogP contribution >= 0.6 is 0 Å². The second kappa shape index (κ2) is 8.19. The van der Waals surface area contributed by atoms with Crippen LogP contribution in [0.1, 0.15) is 24.3 Å². The second-order valence-corrected chi connectivity index (χ2v) is 7.52. The van der Waals surface area contributed by atoms with Crippen LogP contribution in [0, 0.1) is 6.92 Å². The molecule has 144 valence electrons. The molecule has 27 heavy (non-hydrogen) atoms. The number of aromatic nitrogens is 2. The summed E-state index contributed by atoms with van der Waals surface area (Å²) in [5.74, 6) is 1.56. The van der Waals surface area contributed by atoms with E-state index in [1.807, 2.05) is 29.2 Å². The lowest BCUT2D eigenvalue weighted by Crippen LogP contribution is -2.49. The number of likely N-dealkylation sites (tertiary alicyclic amines) is 1. The Hall–Kier alpha value is -2.25. The highest BCUT2D eigenvalue weighted by Gasteiger charge is 2.24. The van der Waals surface area contributed by atoms with Gasteiger partial charge in [-0.25, -0.2) is 0 Å². The van der Waals surface area contributed by atoms with Crippen molar-refractivity contribution >= 4 is 5.91 Å². The standard InChI is InChI=1S/C20H27N5O2/c1-16-4-6-17(7-5-16)20-21-18(27-22-20)14-23-10-12-24(13-11-23)15-19(26)25-8-2-3-9-25/h4-7H,2-3,8-15H2,1H3. The van der Waals surface area contributed by atoms with E-state index in [9.17, 15) is 4.79 Å². The maximum absolute atomic E-state index is 12.3. The fourth-order valence-corrected chi connectivity index (χ4v) is 3.69. The van der Waals surface area contributed by atoms with Crippen molar-refractivity contribution in [3.8, 4) is 11.4 Å². The largest absolute Gasteiger partial charge is 0.342 e. The van der Waals surface area contributed by atoms with Gasteiger partial charge in [-0.05, 0) is 19.8 Å². The predicted octanol–water partition coefficient (Wildman–Crippen LogP) is 1.79. The Kier molecular flexibility index (Phi) is 5.50. The van der Waals surface area contributed by atoms with Crippen LogP contribution in [0.15, 0.2) is 28.8 Å². The fourth-order valence-electron chi connectivity index (χ4n) is 3.69. The van der Waals surface area contributed by atoms with E-state index in [1.165, 1.54) is 5.56 Å². The van der Waals surface area contributed by atoms with Gasteiger partial charge in [0.2, 0.25) is 17.6 Å². The van der Waals surface area contributed by atoms with Crippen LogP contribution in [0.5, 0.6) is 0 Å². The molecule has 1 amide bonds. The van der Waals surface area contributed by atoms with Crippen LogP contribution in [-0.4, -0.2) is 76.6 Å². The molecule has 1 aromatic carbocycles. The van der Waals surface area contributed by atoms with Gasteiger partial charge < -0.3 is 9.42 Å². The fraction of sp³-hybridized carbons (Fsp3) is 0.550. The van der Waals surface area contributed by atoms with Crippen molar-refractivity contribution < 1.29 is 9.32 Å². The molecule has 0 radical (unpaired) electrons. The van der Waals surface area contributed by atoms with Gasteiger partial charge in [0.05, 0.1) is 13.1 Å². The van der Waals surface area contributed by atoms with Gasteiger partial charge in [0.25, 0.3) is 0 Å². The molecule has 0 aliphatic carbocycles. The molecule has 0 N–H and O–H groups in total. The smallest absolute Gasteiger partial charge is 0.241 e. The van der Waals surface area contributed by atoms with E-state index < -0.39 is 0 Å². The molecule has 2 aromatic rings. The van der Waals surface area contributed by atoms with Gasteiger partial charge in [0, 0.05) is 44.8 Å². The van der Waals surface area contributed by atoms with E-state index in [2.05, 4.69) is 26.9 Å². The third kappa shape index (κ3) is 4.54. The zero-order valence-corrected chi connectivity index (χ0v) is 15.9. The van der Waals surface area contributed by atoms with Crippen molar-refractivity contribution in [2.45, 2.75) is 26.3 Å². The Morgan fingerprint density at radius 2 is 1.67 bits per heavy atom. The summed E-state index contributed by atoms with van der Waals surface area (Å²) in [4.78, 5) is 23.4. The molecule has 0 unspecified atom stereocenters. The third-order valence-electron chi connectivity index (χ3n) is 5.42. The summed E-state index contributed by atoms with van der Waals surface area (Å²) in [6.45, 7) is 8.75. The van der Waals surface area contributed by atoms with E-state index in [0.29, 0.717) is 24.8 Å². The Morgan fingerprint density at radius 3 is 2.37 bits per heavy atom. The molecule has 1 aromatic heterocycles. The van der Waals surface area contributed by atoms with E-state index in [-0.39, 0.29) is 5.91 Å². The van der Waals surface area contributed by atoms with Crippen LogP contribution in [0.25, 0.3) is 11.4 Å². The average Bonchev–Trinajstić information content (AvgIpc) is 3.36. The lowest BCUT2D eigenvalue weighted by Gasteiger charge is -2.34. The van der Waals surface area contributed by atoms with E-state index >= 15 is 0 Å². The number of carbonyl (C=O) groups excluding carboxylic acids is 1. The molecule has 3 heterocycles. The number of rotatable bonds is 5. The Morgan fingerprint density at radius 1 is 1.00 bits per heavy atom. The number of carbonyl (C=O) groups is 1. The van der Waals surface area contributed by atoms with Gasteiger partial charge >= 0.3 is 0 Å². The Balaban J connectivity index is 1.26. The lowest BCUT2D eigenvalue weighted by molar-refractivity contribution is -0.131. The summed E-state index contributed by atoms with van der Waals surface area (Å²) < 4.78 is 5.43. The molecule has 2 aliphatic rings. The van der Waals surface area contributed by atoms with Gasteiger partial charge in [-0.1, -0.05) is 35.0 Å². The molecule has 7 heteroatoms. The highest BCUT2D eigenvalue weighted by molar-refractivity contribution is 5.78. The number of amides is 1. The SMILES string of the molecule is Cc1ccc(-c2noc(CN3CCN(CC(=O)N4CCCC4)CC3)n2)cc1.